The maximum atomic E-state index is 11.9. The van der Waals surface area contributed by atoms with Crippen molar-refractivity contribution in [1.29, 1.82) is 0 Å². The van der Waals surface area contributed by atoms with Crippen molar-refractivity contribution in [3.05, 3.63) is 29.8 Å². The lowest BCUT2D eigenvalue weighted by Crippen LogP contribution is -2.34. The summed E-state index contributed by atoms with van der Waals surface area (Å²) in [6.07, 6.45) is 1.13. The van der Waals surface area contributed by atoms with Crippen LogP contribution in [0.3, 0.4) is 0 Å². The van der Waals surface area contributed by atoms with Crippen molar-refractivity contribution >= 4 is 5.91 Å². The zero-order valence-electron chi connectivity index (χ0n) is 13.5. The van der Waals surface area contributed by atoms with E-state index < -0.39 is 0 Å². The van der Waals surface area contributed by atoms with Gasteiger partial charge in [0.15, 0.2) is 6.61 Å². The van der Waals surface area contributed by atoms with Crippen molar-refractivity contribution in [2.24, 2.45) is 5.92 Å². The minimum Gasteiger partial charge on any atom is -0.484 e. The minimum absolute atomic E-state index is 0.0569. The van der Waals surface area contributed by atoms with Gasteiger partial charge in [-0.05, 0) is 37.4 Å². The number of amides is 1. The molecule has 0 spiro atoms. The summed E-state index contributed by atoms with van der Waals surface area (Å²) >= 11 is 0. The van der Waals surface area contributed by atoms with E-state index in [1.54, 1.807) is 7.11 Å². The molecule has 1 aromatic carbocycles. The fourth-order valence-corrected chi connectivity index (χ4v) is 2.67. The van der Waals surface area contributed by atoms with Crippen LogP contribution in [0.15, 0.2) is 24.3 Å². The number of hydrogen-bond donors (Lipinski definition) is 1. The van der Waals surface area contributed by atoms with Gasteiger partial charge in [0.25, 0.3) is 5.91 Å². The van der Waals surface area contributed by atoms with E-state index in [2.05, 4.69) is 10.2 Å². The molecule has 0 aliphatic carbocycles. The van der Waals surface area contributed by atoms with Gasteiger partial charge in [0.05, 0.1) is 6.61 Å². The van der Waals surface area contributed by atoms with Gasteiger partial charge in [0, 0.05) is 26.7 Å². The second-order valence-electron chi connectivity index (χ2n) is 5.81. The smallest absolute Gasteiger partial charge is 0.257 e. The van der Waals surface area contributed by atoms with Gasteiger partial charge in [-0.15, -0.1) is 0 Å². The summed E-state index contributed by atoms with van der Waals surface area (Å²) in [5.41, 5.74) is 1.04. The lowest BCUT2D eigenvalue weighted by atomic mass is 10.1. The molecule has 0 saturated carbocycles. The lowest BCUT2D eigenvalue weighted by Gasteiger charge is -2.15. The number of nitrogens with one attached hydrogen (secondary N) is 1. The summed E-state index contributed by atoms with van der Waals surface area (Å²) in [4.78, 5) is 14.2. The van der Waals surface area contributed by atoms with Gasteiger partial charge in [-0.3, -0.25) is 4.79 Å². The van der Waals surface area contributed by atoms with Gasteiger partial charge in [0.2, 0.25) is 0 Å². The van der Waals surface area contributed by atoms with E-state index in [-0.39, 0.29) is 12.5 Å². The van der Waals surface area contributed by atoms with Crippen molar-refractivity contribution in [3.63, 3.8) is 0 Å². The zero-order chi connectivity index (χ0) is 15.8. The normalized spacial score (nSPS) is 18.4. The van der Waals surface area contributed by atoms with Crippen molar-refractivity contribution < 1.29 is 14.3 Å². The number of para-hydroxylation sites is 1. The minimum atomic E-state index is -0.0569. The molecule has 0 radical (unpaired) electrons. The number of nitrogens with zero attached hydrogens (tertiary/aromatic N) is 1. The molecule has 0 aromatic heterocycles. The van der Waals surface area contributed by atoms with E-state index in [1.165, 1.54) is 0 Å². The van der Waals surface area contributed by atoms with Gasteiger partial charge in [-0.2, -0.15) is 0 Å². The van der Waals surface area contributed by atoms with E-state index in [0.29, 0.717) is 5.92 Å². The largest absolute Gasteiger partial charge is 0.484 e. The Balaban J connectivity index is 1.63. The Morgan fingerprint density at radius 1 is 1.41 bits per heavy atom. The Morgan fingerprint density at radius 3 is 3.00 bits per heavy atom. The van der Waals surface area contributed by atoms with E-state index in [1.807, 2.05) is 31.2 Å². The molecule has 1 aliphatic rings. The first-order valence-corrected chi connectivity index (χ1v) is 7.85. The SMILES string of the molecule is COCCN1CC[C@@H](CNC(=O)COc2ccccc2C)C1. The van der Waals surface area contributed by atoms with Crippen LogP contribution >= 0.6 is 0 Å². The number of aryl methyl sites for hydroxylation is 1. The molecule has 2 rings (SSSR count). The second-order valence-corrected chi connectivity index (χ2v) is 5.81. The summed E-state index contributed by atoms with van der Waals surface area (Å²) < 4.78 is 10.6. The number of likely N-dealkylation sites (tertiary alicyclic amines) is 1. The highest BCUT2D eigenvalue weighted by atomic mass is 16.5. The molecule has 1 amide bonds. The third-order valence-electron chi connectivity index (χ3n) is 4.02. The molecule has 1 heterocycles. The maximum absolute atomic E-state index is 11.9. The molecule has 1 aromatic rings. The summed E-state index contributed by atoms with van der Waals surface area (Å²) in [5, 5.41) is 2.97. The number of benzene rings is 1. The molecule has 0 bridgehead atoms. The van der Waals surface area contributed by atoms with Gasteiger partial charge in [0.1, 0.15) is 5.75 Å². The number of hydrogen-bond acceptors (Lipinski definition) is 4. The molecule has 1 N–H and O–H groups in total. The lowest BCUT2D eigenvalue weighted by molar-refractivity contribution is -0.123. The van der Waals surface area contributed by atoms with Crippen LogP contribution in [0.2, 0.25) is 0 Å². The summed E-state index contributed by atoms with van der Waals surface area (Å²) in [5.74, 6) is 1.24. The number of ether oxygens (including phenoxy) is 2. The average molecular weight is 306 g/mol. The van der Waals surface area contributed by atoms with Gasteiger partial charge in [-0.25, -0.2) is 0 Å². The first-order chi connectivity index (χ1) is 10.7. The van der Waals surface area contributed by atoms with Crippen LogP contribution in [0.1, 0.15) is 12.0 Å². The molecular formula is C17H26N2O3. The van der Waals surface area contributed by atoms with E-state index in [9.17, 15) is 4.79 Å². The number of carbonyl (C=O) groups is 1. The van der Waals surface area contributed by atoms with Crippen molar-refractivity contribution in [1.82, 2.24) is 10.2 Å². The molecule has 22 heavy (non-hydrogen) atoms. The first kappa shape index (κ1) is 16.8. The molecule has 1 aliphatic heterocycles. The van der Waals surface area contributed by atoms with Crippen LogP contribution < -0.4 is 10.1 Å². The third-order valence-corrected chi connectivity index (χ3v) is 4.02. The number of carbonyl (C=O) groups excluding carboxylic acids is 1. The Bertz CT molecular complexity index is 479. The van der Waals surface area contributed by atoms with Crippen LogP contribution in [0.4, 0.5) is 0 Å². The molecule has 1 atom stereocenters. The molecule has 5 nitrogen and oxygen atoms in total. The fourth-order valence-electron chi connectivity index (χ4n) is 2.67. The fraction of sp³-hybridized carbons (Fsp3) is 0.588. The standard InChI is InChI=1S/C17H26N2O3/c1-14-5-3-4-6-16(14)22-13-17(20)18-11-15-7-8-19(12-15)9-10-21-2/h3-6,15H,7-13H2,1-2H3,(H,18,20)/t15-/m0/s1. The monoisotopic (exact) mass is 306 g/mol. The predicted molar refractivity (Wildman–Crippen MR) is 86.1 cm³/mol. The predicted octanol–water partition coefficient (Wildman–Crippen LogP) is 1.46. The molecule has 1 fully saturated rings. The van der Waals surface area contributed by atoms with Gasteiger partial charge >= 0.3 is 0 Å². The van der Waals surface area contributed by atoms with Crippen LogP contribution in [0.25, 0.3) is 0 Å². The Labute approximate surface area is 132 Å². The van der Waals surface area contributed by atoms with E-state index >= 15 is 0 Å². The highest BCUT2D eigenvalue weighted by Gasteiger charge is 2.22. The average Bonchev–Trinajstić information content (AvgIpc) is 2.98. The Hall–Kier alpha value is -1.59. The van der Waals surface area contributed by atoms with Gasteiger partial charge < -0.3 is 19.7 Å². The molecule has 122 valence electrons. The van der Waals surface area contributed by atoms with Crippen LogP contribution in [0.5, 0.6) is 5.75 Å². The maximum Gasteiger partial charge on any atom is 0.257 e. The second kappa shape index (κ2) is 8.76. The zero-order valence-corrected chi connectivity index (χ0v) is 13.5. The molecule has 1 saturated heterocycles. The Kier molecular flexibility index (Phi) is 6.68. The molecular weight excluding hydrogens is 280 g/mol. The first-order valence-electron chi connectivity index (χ1n) is 7.85. The topological polar surface area (TPSA) is 50.8 Å². The highest BCUT2D eigenvalue weighted by molar-refractivity contribution is 5.77. The third kappa shape index (κ3) is 5.31. The Morgan fingerprint density at radius 2 is 2.23 bits per heavy atom. The summed E-state index contributed by atoms with van der Waals surface area (Å²) in [6, 6.07) is 7.72. The van der Waals surface area contributed by atoms with E-state index in [0.717, 1.165) is 50.5 Å². The van der Waals surface area contributed by atoms with Crippen LogP contribution in [-0.4, -0.2) is 57.3 Å². The van der Waals surface area contributed by atoms with Crippen molar-refractivity contribution in [2.75, 3.05) is 46.5 Å². The van der Waals surface area contributed by atoms with Gasteiger partial charge in [-0.1, -0.05) is 18.2 Å². The quantitative estimate of drug-likeness (QED) is 0.790. The van der Waals surface area contributed by atoms with Crippen molar-refractivity contribution in [3.8, 4) is 5.75 Å². The summed E-state index contributed by atoms with van der Waals surface area (Å²) in [7, 11) is 1.72. The van der Waals surface area contributed by atoms with Crippen LogP contribution in [0, 0.1) is 12.8 Å². The molecule has 5 heteroatoms. The highest BCUT2D eigenvalue weighted by Crippen LogP contribution is 2.16. The summed E-state index contributed by atoms with van der Waals surface area (Å²) in [6.45, 7) is 6.62. The van der Waals surface area contributed by atoms with E-state index in [4.69, 9.17) is 9.47 Å². The number of methoxy groups -OCH3 is 1. The molecule has 0 unspecified atom stereocenters. The van der Waals surface area contributed by atoms with Crippen molar-refractivity contribution in [2.45, 2.75) is 13.3 Å². The van der Waals surface area contributed by atoms with Crippen LogP contribution in [-0.2, 0) is 9.53 Å². The number of rotatable bonds is 8.